The molecule has 1 atom stereocenters. The van der Waals surface area contributed by atoms with Crippen LogP contribution in [-0.2, 0) is 14.3 Å². The minimum absolute atomic E-state index is 0.192. The number of carboxylic acids is 1. The zero-order valence-corrected chi connectivity index (χ0v) is 9.02. The lowest BCUT2D eigenvalue weighted by molar-refractivity contribution is -0.145. The summed E-state index contributed by atoms with van der Waals surface area (Å²) in [5.41, 5.74) is 0. The zero-order chi connectivity index (χ0) is 11.0. The molecule has 0 aromatic heterocycles. The van der Waals surface area contributed by atoms with Crippen LogP contribution in [0.15, 0.2) is 0 Å². The summed E-state index contributed by atoms with van der Waals surface area (Å²) in [5, 5.41) is 8.87. The number of hydrogen-bond donors (Lipinski definition) is 1. The third-order valence-corrected chi connectivity index (χ3v) is 1.93. The van der Waals surface area contributed by atoms with Crippen LogP contribution in [0.3, 0.4) is 0 Å². The molecule has 0 heterocycles. The lowest BCUT2D eigenvalue weighted by atomic mass is 10.3. The number of methoxy groups -OCH3 is 1. The molecule has 0 aromatic rings. The summed E-state index contributed by atoms with van der Waals surface area (Å²) in [5.74, 6) is -0.870. The smallest absolute Gasteiger partial charge is 0.323 e. The first-order valence-electron chi connectivity index (χ1n) is 4.63. The second kappa shape index (κ2) is 7.73. The maximum Gasteiger partial charge on any atom is 0.323 e. The molecule has 0 aliphatic heterocycles. The fourth-order valence-electron chi connectivity index (χ4n) is 1.05. The molecule has 0 rings (SSSR count). The third-order valence-electron chi connectivity index (χ3n) is 1.93. The fourth-order valence-corrected chi connectivity index (χ4v) is 1.05. The van der Waals surface area contributed by atoms with Crippen LogP contribution in [0.5, 0.6) is 0 Å². The van der Waals surface area contributed by atoms with Gasteiger partial charge in [0, 0.05) is 20.3 Å². The average Bonchev–Trinajstić information content (AvgIpc) is 2.13. The Labute approximate surface area is 84.6 Å². The normalized spacial score (nSPS) is 13.1. The number of carboxylic acid groups (broad SMARTS) is 1. The summed E-state index contributed by atoms with van der Waals surface area (Å²) in [7, 11) is 3.24. The second-order valence-electron chi connectivity index (χ2n) is 2.99. The topological polar surface area (TPSA) is 59.0 Å². The molecule has 0 aliphatic rings. The lowest BCUT2D eigenvalue weighted by Crippen LogP contribution is -2.43. The highest BCUT2D eigenvalue weighted by molar-refractivity contribution is 5.73. The Hall–Kier alpha value is -0.650. The van der Waals surface area contributed by atoms with Gasteiger partial charge in [0.1, 0.15) is 6.04 Å². The van der Waals surface area contributed by atoms with Crippen molar-refractivity contribution in [1.29, 1.82) is 0 Å². The van der Waals surface area contributed by atoms with Gasteiger partial charge in [-0.1, -0.05) is 0 Å². The maximum atomic E-state index is 10.8. The molecule has 0 saturated carbocycles. The van der Waals surface area contributed by atoms with Crippen molar-refractivity contribution in [2.24, 2.45) is 0 Å². The van der Waals surface area contributed by atoms with Crippen LogP contribution < -0.4 is 0 Å². The first-order valence-corrected chi connectivity index (χ1v) is 4.63. The Morgan fingerprint density at radius 3 is 2.64 bits per heavy atom. The van der Waals surface area contributed by atoms with E-state index >= 15 is 0 Å². The van der Waals surface area contributed by atoms with Crippen LogP contribution in [-0.4, -0.2) is 62.5 Å². The zero-order valence-electron chi connectivity index (χ0n) is 9.02. The van der Waals surface area contributed by atoms with Crippen LogP contribution in [0.25, 0.3) is 0 Å². The maximum absolute atomic E-state index is 10.8. The van der Waals surface area contributed by atoms with E-state index in [2.05, 4.69) is 0 Å². The van der Waals surface area contributed by atoms with Crippen molar-refractivity contribution in [2.45, 2.75) is 13.0 Å². The average molecular weight is 205 g/mol. The molecule has 5 nitrogen and oxygen atoms in total. The summed E-state index contributed by atoms with van der Waals surface area (Å²) in [6.07, 6.45) is 0. The van der Waals surface area contributed by atoms with Crippen LogP contribution in [0.2, 0.25) is 0 Å². The van der Waals surface area contributed by atoms with Gasteiger partial charge in [0.15, 0.2) is 0 Å². The van der Waals surface area contributed by atoms with Crippen molar-refractivity contribution < 1.29 is 19.4 Å². The Kier molecular flexibility index (Phi) is 7.37. The first-order chi connectivity index (χ1) is 6.63. The van der Waals surface area contributed by atoms with Gasteiger partial charge in [0.05, 0.1) is 13.2 Å². The Balaban J connectivity index is 3.88. The molecular formula is C9H19NO4. The van der Waals surface area contributed by atoms with E-state index < -0.39 is 12.0 Å². The summed E-state index contributed by atoms with van der Waals surface area (Å²) >= 11 is 0. The van der Waals surface area contributed by atoms with Gasteiger partial charge in [-0.2, -0.15) is 0 Å². The monoisotopic (exact) mass is 205 g/mol. The Morgan fingerprint density at radius 1 is 1.57 bits per heavy atom. The van der Waals surface area contributed by atoms with Gasteiger partial charge in [-0.15, -0.1) is 0 Å². The molecule has 0 saturated heterocycles. The van der Waals surface area contributed by atoms with Crippen LogP contribution in [0, 0.1) is 0 Å². The molecule has 5 heteroatoms. The highest BCUT2D eigenvalue weighted by Crippen LogP contribution is 1.97. The van der Waals surface area contributed by atoms with Gasteiger partial charge in [0.2, 0.25) is 0 Å². The molecule has 0 aliphatic carbocycles. The number of likely N-dealkylation sites (N-methyl/N-ethyl adjacent to an activating group) is 1. The minimum Gasteiger partial charge on any atom is -0.480 e. The number of rotatable bonds is 8. The van der Waals surface area contributed by atoms with Gasteiger partial charge in [-0.25, -0.2) is 0 Å². The van der Waals surface area contributed by atoms with Crippen molar-refractivity contribution >= 4 is 5.97 Å². The summed E-state index contributed by atoms with van der Waals surface area (Å²) in [6.45, 7) is 3.88. The number of hydrogen-bond acceptors (Lipinski definition) is 4. The SMILES string of the molecule is CCOCCN(C)C(COC)C(=O)O. The van der Waals surface area contributed by atoms with Crippen molar-refractivity contribution in [2.75, 3.05) is 40.5 Å². The van der Waals surface area contributed by atoms with E-state index in [4.69, 9.17) is 14.6 Å². The van der Waals surface area contributed by atoms with E-state index in [-0.39, 0.29) is 6.61 Å². The highest BCUT2D eigenvalue weighted by Gasteiger charge is 2.21. The van der Waals surface area contributed by atoms with E-state index in [1.165, 1.54) is 7.11 Å². The van der Waals surface area contributed by atoms with E-state index in [0.29, 0.717) is 19.8 Å². The predicted octanol–water partition coefficient (Wildman–Crippen LogP) is 0.0543. The van der Waals surface area contributed by atoms with Crippen molar-refractivity contribution in [3.8, 4) is 0 Å². The fraction of sp³-hybridized carbons (Fsp3) is 0.889. The van der Waals surface area contributed by atoms with E-state index in [1.54, 1.807) is 11.9 Å². The van der Waals surface area contributed by atoms with Crippen LogP contribution >= 0.6 is 0 Å². The van der Waals surface area contributed by atoms with E-state index in [9.17, 15) is 4.79 Å². The molecule has 0 spiro atoms. The molecule has 0 aromatic carbocycles. The minimum atomic E-state index is -0.870. The van der Waals surface area contributed by atoms with Crippen LogP contribution in [0.1, 0.15) is 6.92 Å². The molecule has 0 radical (unpaired) electrons. The first kappa shape index (κ1) is 13.4. The predicted molar refractivity (Wildman–Crippen MR) is 52.4 cm³/mol. The number of ether oxygens (including phenoxy) is 2. The summed E-state index contributed by atoms with van der Waals surface area (Å²) < 4.78 is 9.97. The van der Waals surface area contributed by atoms with Crippen molar-refractivity contribution in [3.05, 3.63) is 0 Å². The molecule has 14 heavy (non-hydrogen) atoms. The van der Waals surface area contributed by atoms with E-state index in [1.807, 2.05) is 6.92 Å². The van der Waals surface area contributed by atoms with E-state index in [0.717, 1.165) is 0 Å². The molecular weight excluding hydrogens is 186 g/mol. The molecule has 84 valence electrons. The van der Waals surface area contributed by atoms with Gasteiger partial charge < -0.3 is 14.6 Å². The molecule has 0 bridgehead atoms. The van der Waals surface area contributed by atoms with Crippen molar-refractivity contribution in [3.63, 3.8) is 0 Å². The van der Waals surface area contributed by atoms with Crippen LogP contribution in [0.4, 0.5) is 0 Å². The van der Waals surface area contributed by atoms with Gasteiger partial charge in [0.25, 0.3) is 0 Å². The Morgan fingerprint density at radius 2 is 2.21 bits per heavy atom. The highest BCUT2D eigenvalue weighted by atomic mass is 16.5. The second-order valence-corrected chi connectivity index (χ2v) is 2.99. The number of carbonyl (C=O) groups is 1. The third kappa shape index (κ3) is 5.16. The van der Waals surface area contributed by atoms with Gasteiger partial charge in [-0.3, -0.25) is 9.69 Å². The summed E-state index contributed by atoms with van der Waals surface area (Å²) in [4.78, 5) is 12.5. The number of aliphatic carboxylic acids is 1. The van der Waals surface area contributed by atoms with Gasteiger partial charge >= 0.3 is 5.97 Å². The number of nitrogens with zero attached hydrogens (tertiary/aromatic N) is 1. The standard InChI is InChI=1S/C9H19NO4/c1-4-14-6-5-10(2)8(7-13-3)9(11)12/h8H,4-7H2,1-3H3,(H,11,12). The lowest BCUT2D eigenvalue weighted by Gasteiger charge is -2.23. The molecule has 0 amide bonds. The quantitative estimate of drug-likeness (QED) is 0.568. The van der Waals surface area contributed by atoms with Crippen molar-refractivity contribution in [1.82, 2.24) is 4.90 Å². The van der Waals surface area contributed by atoms with Gasteiger partial charge in [-0.05, 0) is 14.0 Å². The molecule has 1 N–H and O–H groups in total. The molecule has 1 unspecified atom stereocenters. The summed E-state index contributed by atoms with van der Waals surface area (Å²) in [6, 6.07) is -0.597. The Bertz CT molecular complexity index is 163. The molecule has 0 fully saturated rings. The largest absolute Gasteiger partial charge is 0.480 e.